The maximum absolute atomic E-state index is 6.34. The highest BCUT2D eigenvalue weighted by atomic mass is 79.9. The molecule has 102 valence electrons. The number of hydrogen-bond donors (Lipinski definition) is 0. The van der Waals surface area contributed by atoms with E-state index in [9.17, 15) is 0 Å². The minimum absolute atomic E-state index is 0.0473. The van der Waals surface area contributed by atoms with Crippen molar-refractivity contribution in [2.75, 3.05) is 14.2 Å². The quantitative estimate of drug-likeness (QED) is 0.696. The summed E-state index contributed by atoms with van der Waals surface area (Å²) in [4.78, 5) is 0.0473. The molecule has 5 heteroatoms. The molecule has 2 aromatic rings. The fraction of sp³-hybridized carbons (Fsp3) is 0.286. The van der Waals surface area contributed by atoms with E-state index >= 15 is 0 Å². The third-order valence-corrected chi connectivity index (χ3v) is 5.14. The molecule has 0 N–H and O–H groups in total. The van der Waals surface area contributed by atoms with Crippen molar-refractivity contribution in [2.24, 2.45) is 0 Å². The summed E-state index contributed by atoms with van der Waals surface area (Å²) in [6.07, 6.45) is 0. The monoisotopic (exact) mass is 360 g/mol. The van der Waals surface area contributed by atoms with Crippen molar-refractivity contribution >= 4 is 38.9 Å². The molecule has 0 saturated carbocycles. The Hall–Kier alpha value is -0.710. The largest absolute Gasteiger partial charge is 0.493 e. The van der Waals surface area contributed by atoms with Gasteiger partial charge in [-0.3, -0.25) is 0 Å². The Bertz CT molecular complexity index is 583. The molecule has 0 aliphatic rings. The SMILES string of the molecule is COc1cc(Cl)c(C(Br)c2cscc2C)cc1OC. The molecular weight excluding hydrogens is 348 g/mol. The van der Waals surface area contributed by atoms with E-state index in [1.165, 1.54) is 11.1 Å². The second kappa shape index (κ2) is 6.16. The average molecular weight is 362 g/mol. The lowest BCUT2D eigenvalue weighted by Gasteiger charge is -2.16. The van der Waals surface area contributed by atoms with Gasteiger partial charge in [-0.1, -0.05) is 27.5 Å². The molecule has 0 spiro atoms. The van der Waals surface area contributed by atoms with Crippen LogP contribution in [-0.2, 0) is 0 Å². The lowest BCUT2D eigenvalue weighted by atomic mass is 10.0. The Balaban J connectivity index is 2.48. The van der Waals surface area contributed by atoms with Gasteiger partial charge < -0.3 is 9.47 Å². The van der Waals surface area contributed by atoms with Crippen LogP contribution in [0.3, 0.4) is 0 Å². The summed E-state index contributed by atoms with van der Waals surface area (Å²) in [7, 11) is 3.22. The standard InChI is InChI=1S/C14H14BrClO2S/c1-8-6-19-7-10(8)14(15)9-4-12(17-2)13(18-3)5-11(9)16/h4-7,14H,1-3H3. The van der Waals surface area contributed by atoms with Crippen LogP contribution < -0.4 is 9.47 Å². The van der Waals surface area contributed by atoms with Gasteiger partial charge in [0.1, 0.15) is 0 Å². The summed E-state index contributed by atoms with van der Waals surface area (Å²) in [6, 6.07) is 3.70. The number of rotatable bonds is 4. The molecule has 2 rings (SSSR count). The number of halogens is 2. The van der Waals surface area contributed by atoms with Gasteiger partial charge in [0.15, 0.2) is 11.5 Å². The normalized spacial score (nSPS) is 12.3. The van der Waals surface area contributed by atoms with Crippen molar-refractivity contribution < 1.29 is 9.47 Å². The molecule has 1 heterocycles. The van der Waals surface area contributed by atoms with Crippen LogP contribution in [0.5, 0.6) is 11.5 Å². The van der Waals surface area contributed by atoms with E-state index in [0.29, 0.717) is 16.5 Å². The second-order valence-corrected chi connectivity index (χ2v) is 6.17. The third kappa shape index (κ3) is 2.91. The Morgan fingerprint density at radius 3 is 2.26 bits per heavy atom. The van der Waals surface area contributed by atoms with Crippen LogP contribution in [0.15, 0.2) is 22.9 Å². The predicted octanol–water partition coefficient (Wildman–Crippen LogP) is 5.21. The summed E-state index contributed by atoms with van der Waals surface area (Å²) in [6.45, 7) is 2.09. The van der Waals surface area contributed by atoms with E-state index in [4.69, 9.17) is 21.1 Å². The van der Waals surface area contributed by atoms with E-state index < -0.39 is 0 Å². The molecule has 0 fully saturated rings. The molecule has 1 atom stereocenters. The van der Waals surface area contributed by atoms with Gasteiger partial charge in [-0.15, -0.1) is 0 Å². The van der Waals surface area contributed by atoms with Crippen LogP contribution in [0.2, 0.25) is 5.02 Å². The number of alkyl halides is 1. The first kappa shape index (κ1) is 14.7. The van der Waals surface area contributed by atoms with E-state index in [2.05, 4.69) is 33.6 Å². The topological polar surface area (TPSA) is 18.5 Å². The zero-order valence-corrected chi connectivity index (χ0v) is 14.0. The molecule has 1 aromatic carbocycles. The number of aryl methyl sites for hydroxylation is 1. The molecule has 0 bridgehead atoms. The molecule has 19 heavy (non-hydrogen) atoms. The molecule has 0 amide bonds. The van der Waals surface area contributed by atoms with Gasteiger partial charge in [-0.05, 0) is 40.4 Å². The predicted molar refractivity (Wildman–Crippen MR) is 84.4 cm³/mol. The first-order chi connectivity index (χ1) is 9.08. The molecule has 0 saturated heterocycles. The molecule has 1 aromatic heterocycles. The molecule has 0 radical (unpaired) electrons. The zero-order valence-electron chi connectivity index (χ0n) is 10.9. The van der Waals surface area contributed by atoms with Gasteiger partial charge in [0.2, 0.25) is 0 Å². The average Bonchev–Trinajstić information content (AvgIpc) is 2.83. The summed E-state index contributed by atoms with van der Waals surface area (Å²) in [5.74, 6) is 1.32. The van der Waals surface area contributed by atoms with Gasteiger partial charge in [-0.25, -0.2) is 0 Å². The Morgan fingerprint density at radius 1 is 1.11 bits per heavy atom. The van der Waals surface area contributed by atoms with Crippen LogP contribution in [-0.4, -0.2) is 14.2 Å². The fourth-order valence-electron chi connectivity index (χ4n) is 1.86. The molecule has 1 unspecified atom stereocenters. The zero-order chi connectivity index (χ0) is 14.0. The van der Waals surface area contributed by atoms with E-state index in [1.54, 1.807) is 31.6 Å². The smallest absolute Gasteiger partial charge is 0.162 e. The van der Waals surface area contributed by atoms with Gasteiger partial charge in [-0.2, -0.15) is 11.3 Å². The minimum atomic E-state index is 0.0473. The maximum atomic E-state index is 6.34. The van der Waals surface area contributed by atoms with Gasteiger partial charge >= 0.3 is 0 Å². The highest BCUT2D eigenvalue weighted by molar-refractivity contribution is 9.09. The van der Waals surface area contributed by atoms with Gasteiger partial charge in [0.25, 0.3) is 0 Å². The van der Waals surface area contributed by atoms with Crippen LogP contribution in [0.25, 0.3) is 0 Å². The van der Waals surface area contributed by atoms with Crippen LogP contribution >= 0.6 is 38.9 Å². The van der Waals surface area contributed by atoms with Crippen molar-refractivity contribution in [3.8, 4) is 11.5 Å². The van der Waals surface area contributed by atoms with Crippen molar-refractivity contribution in [2.45, 2.75) is 11.8 Å². The van der Waals surface area contributed by atoms with Crippen molar-refractivity contribution in [1.29, 1.82) is 0 Å². The number of hydrogen-bond acceptors (Lipinski definition) is 3. The molecular formula is C14H14BrClO2S. The molecule has 2 nitrogen and oxygen atoms in total. The number of benzene rings is 1. The van der Waals surface area contributed by atoms with Crippen LogP contribution in [0.4, 0.5) is 0 Å². The summed E-state index contributed by atoms with van der Waals surface area (Å²) >= 11 is 11.7. The highest BCUT2D eigenvalue weighted by Crippen LogP contribution is 2.42. The first-order valence-electron chi connectivity index (χ1n) is 5.66. The molecule has 0 aliphatic carbocycles. The Morgan fingerprint density at radius 2 is 1.74 bits per heavy atom. The summed E-state index contributed by atoms with van der Waals surface area (Å²) in [5, 5.41) is 4.91. The third-order valence-electron chi connectivity index (χ3n) is 2.94. The fourth-order valence-corrected chi connectivity index (χ4v) is 4.18. The van der Waals surface area contributed by atoms with Gasteiger partial charge in [0.05, 0.1) is 19.0 Å². The van der Waals surface area contributed by atoms with E-state index in [1.807, 2.05) is 6.07 Å². The van der Waals surface area contributed by atoms with Crippen molar-refractivity contribution in [1.82, 2.24) is 0 Å². The van der Waals surface area contributed by atoms with Crippen LogP contribution in [0.1, 0.15) is 21.5 Å². The molecule has 0 aliphatic heterocycles. The van der Waals surface area contributed by atoms with Gasteiger partial charge in [0, 0.05) is 11.1 Å². The number of thiophene rings is 1. The first-order valence-corrected chi connectivity index (χ1v) is 7.90. The van der Waals surface area contributed by atoms with E-state index in [-0.39, 0.29) is 4.83 Å². The lowest BCUT2D eigenvalue weighted by molar-refractivity contribution is 0.354. The van der Waals surface area contributed by atoms with Crippen LogP contribution in [0, 0.1) is 6.92 Å². The highest BCUT2D eigenvalue weighted by Gasteiger charge is 2.19. The maximum Gasteiger partial charge on any atom is 0.162 e. The summed E-state index contributed by atoms with van der Waals surface area (Å²) < 4.78 is 10.6. The lowest BCUT2D eigenvalue weighted by Crippen LogP contribution is -1.98. The van der Waals surface area contributed by atoms with Crippen molar-refractivity contribution in [3.05, 3.63) is 44.6 Å². The number of methoxy groups -OCH3 is 2. The summed E-state index contributed by atoms with van der Waals surface area (Å²) in [5.41, 5.74) is 3.44. The van der Waals surface area contributed by atoms with E-state index in [0.717, 1.165) is 5.56 Å². The minimum Gasteiger partial charge on any atom is -0.493 e. The Labute approximate surface area is 130 Å². The Kier molecular flexibility index (Phi) is 4.76. The second-order valence-electron chi connectivity index (χ2n) is 4.10. The number of ether oxygens (including phenoxy) is 2. The van der Waals surface area contributed by atoms with Crippen molar-refractivity contribution in [3.63, 3.8) is 0 Å².